The number of rotatable bonds is 9. The lowest BCUT2D eigenvalue weighted by Crippen LogP contribution is -2.41. The van der Waals surface area contributed by atoms with E-state index in [4.69, 9.17) is 5.73 Å². The summed E-state index contributed by atoms with van der Waals surface area (Å²) in [6, 6.07) is 27.2. The number of nitrogens with one attached hydrogen (secondary N) is 1. The molecule has 0 aliphatic heterocycles. The number of H-pyrrole nitrogens is 1. The zero-order chi connectivity index (χ0) is 25.5. The number of anilines is 2. The Kier molecular flexibility index (Phi) is 7.80. The molecule has 7 nitrogen and oxygen atoms in total. The molecule has 4 rings (SSSR count). The van der Waals surface area contributed by atoms with Gasteiger partial charge in [0.1, 0.15) is 5.82 Å². The highest BCUT2D eigenvalue weighted by Gasteiger charge is 2.24. The van der Waals surface area contributed by atoms with E-state index in [2.05, 4.69) is 4.98 Å². The minimum Gasteiger partial charge on any atom is -0.383 e. The predicted molar refractivity (Wildman–Crippen MR) is 144 cm³/mol. The molecule has 0 unspecified atom stereocenters. The van der Waals surface area contributed by atoms with Gasteiger partial charge in [0, 0.05) is 6.54 Å². The second-order valence-electron chi connectivity index (χ2n) is 8.70. The average Bonchev–Trinajstić information content (AvgIpc) is 2.89. The van der Waals surface area contributed by atoms with E-state index in [1.165, 1.54) is 9.47 Å². The van der Waals surface area contributed by atoms with Gasteiger partial charge in [-0.2, -0.15) is 0 Å². The lowest BCUT2D eigenvalue weighted by Gasteiger charge is -2.25. The summed E-state index contributed by atoms with van der Waals surface area (Å²) < 4.78 is 1.33. The van der Waals surface area contributed by atoms with Crippen LogP contribution in [0.4, 0.5) is 11.5 Å². The van der Waals surface area contributed by atoms with Gasteiger partial charge < -0.3 is 5.73 Å². The molecule has 0 atom stereocenters. The van der Waals surface area contributed by atoms with Crippen LogP contribution in [-0.4, -0.2) is 15.5 Å². The van der Waals surface area contributed by atoms with E-state index in [9.17, 15) is 14.4 Å². The lowest BCUT2D eigenvalue weighted by molar-refractivity contribution is -0.118. The number of carbonyl (C=O) groups is 1. The number of benzene rings is 3. The Bertz CT molecular complexity index is 1430. The molecule has 0 saturated heterocycles. The Morgan fingerprint density at radius 3 is 2.11 bits per heavy atom. The van der Waals surface area contributed by atoms with Gasteiger partial charge in [-0.3, -0.25) is 24.0 Å². The highest BCUT2D eigenvalue weighted by atomic mass is 16.2. The molecule has 0 fully saturated rings. The molecular formula is C29H30N4O3. The molecule has 1 amide bonds. The number of nitrogen functional groups attached to an aromatic ring is 1. The fourth-order valence-electron chi connectivity index (χ4n) is 4.15. The van der Waals surface area contributed by atoms with Gasteiger partial charge >= 0.3 is 5.69 Å². The first kappa shape index (κ1) is 24.7. The van der Waals surface area contributed by atoms with Crippen molar-refractivity contribution in [2.75, 3.05) is 10.6 Å². The Labute approximate surface area is 209 Å². The Balaban J connectivity index is 1.68. The molecule has 1 heterocycles. The number of nitrogens with two attached hydrogens (primary N) is 1. The first-order valence-electron chi connectivity index (χ1n) is 12.1. The second-order valence-corrected chi connectivity index (χ2v) is 8.70. The molecule has 184 valence electrons. The highest BCUT2D eigenvalue weighted by Crippen LogP contribution is 2.23. The molecule has 1 aromatic heterocycles. The topological polar surface area (TPSA) is 101 Å². The minimum absolute atomic E-state index is 0.000428. The molecule has 0 bridgehead atoms. The maximum absolute atomic E-state index is 13.6. The van der Waals surface area contributed by atoms with E-state index in [0.717, 1.165) is 35.1 Å². The van der Waals surface area contributed by atoms with Gasteiger partial charge in [0.15, 0.2) is 5.69 Å². The molecule has 0 aliphatic carbocycles. The van der Waals surface area contributed by atoms with E-state index < -0.39 is 11.2 Å². The number of amides is 1. The smallest absolute Gasteiger partial charge is 0.330 e. The predicted octanol–water partition coefficient (Wildman–Crippen LogP) is 4.36. The third-order valence-electron chi connectivity index (χ3n) is 6.12. The third kappa shape index (κ3) is 5.63. The Hall–Kier alpha value is -4.39. The molecular weight excluding hydrogens is 452 g/mol. The van der Waals surface area contributed by atoms with Crippen LogP contribution in [0.15, 0.2) is 94.5 Å². The first-order chi connectivity index (χ1) is 17.5. The third-order valence-corrected chi connectivity index (χ3v) is 6.12. The number of nitrogens with zero attached hydrogens (tertiary/aromatic N) is 2. The summed E-state index contributed by atoms with van der Waals surface area (Å²) in [7, 11) is 0. The van der Waals surface area contributed by atoms with Crippen LogP contribution >= 0.6 is 0 Å². The first-order valence-corrected chi connectivity index (χ1v) is 12.1. The van der Waals surface area contributed by atoms with Crippen molar-refractivity contribution in [1.29, 1.82) is 0 Å². The van der Waals surface area contributed by atoms with Gasteiger partial charge in [0.25, 0.3) is 5.56 Å². The highest BCUT2D eigenvalue weighted by molar-refractivity contribution is 5.96. The summed E-state index contributed by atoms with van der Waals surface area (Å²) in [5.74, 6) is -0.287. The Morgan fingerprint density at radius 2 is 1.47 bits per heavy atom. The lowest BCUT2D eigenvalue weighted by atomic mass is 10.0. The van der Waals surface area contributed by atoms with Gasteiger partial charge in [0.05, 0.1) is 13.0 Å². The zero-order valence-corrected chi connectivity index (χ0v) is 20.3. The maximum Gasteiger partial charge on any atom is 0.330 e. The van der Waals surface area contributed by atoms with E-state index in [0.29, 0.717) is 6.54 Å². The van der Waals surface area contributed by atoms with Gasteiger partial charge in [-0.1, -0.05) is 98.3 Å². The van der Waals surface area contributed by atoms with Crippen LogP contribution in [-0.2, 0) is 24.3 Å². The average molecular weight is 483 g/mol. The fourth-order valence-corrected chi connectivity index (χ4v) is 4.15. The number of aromatic nitrogens is 2. The van der Waals surface area contributed by atoms with E-state index in [1.807, 2.05) is 91.9 Å². The zero-order valence-electron chi connectivity index (χ0n) is 20.3. The van der Waals surface area contributed by atoms with Gasteiger partial charge in [0.2, 0.25) is 5.91 Å². The summed E-state index contributed by atoms with van der Waals surface area (Å²) in [6.07, 6.45) is 1.65. The van der Waals surface area contributed by atoms with Crippen LogP contribution in [0, 0.1) is 0 Å². The molecule has 0 aliphatic rings. The van der Waals surface area contributed by atoms with Crippen molar-refractivity contribution in [2.45, 2.75) is 39.3 Å². The SMILES string of the molecule is CCCCn1c(N)c(N(Cc2ccccc2)C(=O)Cc2ccc(-c3ccccc3)cc2)c(=O)[nH]c1=O. The second kappa shape index (κ2) is 11.4. The van der Waals surface area contributed by atoms with Gasteiger partial charge in [-0.05, 0) is 28.7 Å². The number of hydrogen-bond donors (Lipinski definition) is 2. The monoisotopic (exact) mass is 482 g/mol. The number of unbranched alkanes of at least 4 members (excludes halogenated alkanes) is 1. The van der Waals surface area contributed by atoms with Crippen LogP contribution in [0.3, 0.4) is 0 Å². The van der Waals surface area contributed by atoms with Crippen molar-refractivity contribution in [3.8, 4) is 11.1 Å². The number of hydrogen-bond acceptors (Lipinski definition) is 4. The molecule has 0 saturated carbocycles. The van der Waals surface area contributed by atoms with Crippen molar-refractivity contribution in [3.63, 3.8) is 0 Å². The standard InChI is InChI=1S/C29H30N4O3/c1-2-3-18-32-27(30)26(28(35)31-29(32)36)33(20-22-10-6-4-7-11-22)25(34)19-21-14-16-24(17-15-21)23-12-8-5-9-13-23/h4-17H,2-3,18-20,30H2,1H3,(H,31,35,36). The summed E-state index contributed by atoms with van der Waals surface area (Å²) in [6.45, 7) is 2.52. The minimum atomic E-state index is -0.672. The number of aromatic amines is 1. The van der Waals surface area contributed by atoms with Crippen LogP contribution in [0.5, 0.6) is 0 Å². The normalized spacial score (nSPS) is 10.8. The fraction of sp³-hybridized carbons (Fsp3) is 0.207. The van der Waals surface area contributed by atoms with Crippen LogP contribution in [0.2, 0.25) is 0 Å². The maximum atomic E-state index is 13.6. The van der Waals surface area contributed by atoms with Crippen molar-refractivity contribution in [2.24, 2.45) is 0 Å². The summed E-state index contributed by atoms with van der Waals surface area (Å²) in [4.78, 5) is 42.7. The van der Waals surface area contributed by atoms with Crippen molar-refractivity contribution >= 4 is 17.4 Å². The van der Waals surface area contributed by atoms with Crippen molar-refractivity contribution in [1.82, 2.24) is 9.55 Å². The van der Waals surface area contributed by atoms with Gasteiger partial charge in [-0.25, -0.2) is 4.79 Å². The summed E-state index contributed by atoms with van der Waals surface area (Å²) >= 11 is 0. The van der Waals surface area contributed by atoms with E-state index >= 15 is 0 Å². The number of carbonyl (C=O) groups excluding carboxylic acids is 1. The molecule has 0 radical (unpaired) electrons. The molecule has 3 N–H and O–H groups in total. The molecule has 36 heavy (non-hydrogen) atoms. The van der Waals surface area contributed by atoms with Crippen LogP contribution < -0.4 is 21.9 Å². The van der Waals surface area contributed by atoms with Crippen molar-refractivity contribution < 1.29 is 4.79 Å². The molecule has 4 aromatic rings. The summed E-state index contributed by atoms with van der Waals surface area (Å²) in [5.41, 5.74) is 8.90. The molecule has 7 heteroatoms. The van der Waals surface area contributed by atoms with Crippen LogP contribution in [0.25, 0.3) is 11.1 Å². The quantitative estimate of drug-likeness (QED) is 0.370. The Morgan fingerprint density at radius 1 is 0.861 bits per heavy atom. The van der Waals surface area contributed by atoms with E-state index in [-0.39, 0.29) is 30.4 Å². The van der Waals surface area contributed by atoms with Gasteiger partial charge in [-0.15, -0.1) is 0 Å². The summed E-state index contributed by atoms with van der Waals surface area (Å²) in [5, 5.41) is 0. The van der Waals surface area contributed by atoms with E-state index in [1.54, 1.807) is 0 Å². The molecule has 0 spiro atoms. The largest absolute Gasteiger partial charge is 0.383 e. The van der Waals surface area contributed by atoms with Crippen LogP contribution in [0.1, 0.15) is 30.9 Å². The molecule has 3 aromatic carbocycles. The van der Waals surface area contributed by atoms with Crippen molar-refractivity contribution in [3.05, 3.63) is 117 Å².